The highest BCUT2D eigenvalue weighted by molar-refractivity contribution is 5.71. The van der Waals surface area contributed by atoms with Gasteiger partial charge in [-0.05, 0) is 44.0 Å². The Morgan fingerprint density at radius 3 is 2.65 bits per heavy atom. The van der Waals surface area contributed by atoms with Crippen LogP contribution < -0.4 is 11.1 Å². The molecule has 3 N–H and O–H groups in total. The summed E-state index contributed by atoms with van der Waals surface area (Å²) in [5.74, 6) is -0.337. The number of nitrogens with zero attached hydrogens (tertiary/aromatic N) is 2. The number of carbonyl (C=O) groups excluding carboxylic acids is 2. The standard InChI is InChI=1S/C17H21FN4O4/c1-11(25-14(23)5-3-2-4-10-20-17(19)24)15-21-22-16(26-15)12-6-8-13(18)9-7-12/h6-9,11H,2-5,10H2,1H3,(H3,19,20,24)/t11-/m0/s1. The number of hydrogen-bond acceptors (Lipinski definition) is 6. The third-order valence-electron chi connectivity index (χ3n) is 3.54. The highest BCUT2D eigenvalue weighted by Gasteiger charge is 2.18. The van der Waals surface area contributed by atoms with Crippen LogP contribution in [0, 0.1) is 5.82 Å². The summed E-state index contributed by atoms with van der Waals surface area (Å²) in [4.78, 5) is 22.3. The predicted molar refractivity (Wildman–Crippen MR) is 90.3 cm³/mol. The van der Waals surface area contributed by atoms with Gasteiger partial charge < -0.3 is 20.2 Å². The van der Waals surface area contributed by atoms with Crippen LogP contribution in [0.1, 0.15) is 44.6 Å². The van der Waals surface area contributed by atoms with Gasteiger partial charge in [-0.3, -0.25) is 4.79 Å². The summed E-state index contributed by atoms with van der Waals surface area (Å²) in [6.07, 6.45) is 1.70. The SMILES string of the molecule is C[C@H](OC(=O)CCCCCNC(N)=O)c1nnc(-c2ccc(F)cc2)o1. The van der Waals surface area contributed by atoms with Crippen molar-refractivity contribution in [2.45, 2.75) is 38.7 Å². The number of halogens is 1. The molecule has 0 saturated carbocycles. The zero-order chi connectivity index (χ0) is 18.9. The molecule has 0 aliphatic rings. The zero-order valence-electron chi connectivity index (χ0n) is 14.4. The molecule has 0 saturated heterocycles. The summed E-state index contributed by atoms with van der Waals surface area (Å²) in [5, 5.41) is 10.2. The number of ether oxygens (including phenoxy) is 1. The molecule has 140 valence electrons. The molecule has 0 aliphatic carbocycles. The molecule has 0 fully saturated rings. The Labute approximate surface area is 149 Å². The lowest BCUT2D eigenvalue weighted by Gasteiger charge is -2.09. The Morgan fingerprint density at radius 2 is 1.96 bits per heavy atom. The van der Waals surface area contributed by atoms with E-state index in [2.05, 4.69) is 15.5 Å². The fraction of sp³-hybridized carbons (Fsp3) is 0.412. The molecule has 0 aliphatic heterocycles. The van der Waals surface area contributed by atoms with E-state index in [9.17, 15) is 14.0 Å². The number of benzene rings is 1. The molecule has 0 unspecified atom stereocenters. The number of carbonyl (C=O) groups is 2. The largest absolute Gasteiger partial charge is 0.453 e. The van der Waals surface area contributed by atoms with Crippen LogP contribution in [-0.4, -0.2) is 28.7 Å². The molecular weight excluding hydrogens is 343 g/mol. The maximum Gasteiger partial charge on any atom is 0.312 e. The van der Waals surface area contributed by atoms with Gasteiger partial charge >= 0.3 is 12.0 Å². The molecule has 1 aromatic carbocycles. The highest BCUT2D eigenvalue weighted by atomic mass is 19.1. The molecule has 26 heavy (non-hydrogen) atoms. The number of unbranched alkanes of at least 4 members (excludes halogenated alkanes) is 2. The summed E-state index contributed by atoms with van der Waals surface area (Å²) in [5.41, 5.74) is 5.53. The Kier molecular flexibility index (Phi) is 7.07. The van der Waals surface area contributed by atoms with Gasteiger partial charge in [0.05, 0.1) is 0 Å². The second kappa shape index (κ2) is 9.50. The van der Waals surface area contributed by atoms with Crippen molar-refractivity contribution < 1.29 is 23.1 Å². The first-order valence-electron chi connectivity index (χ1n) is 8.28. The number of urea groups is 1. The van der Waals surface area contributed by atoms with Crippen molar-refractivity contribution >= 4 is 12.0 Å². The van der Waals surface area contributed by atoms with Gasteiger partial charge in [0.25, 0.3) is 5.89 Å². The topological polar surface area (TPSA) is 120 Å². The minimum atomic E-state index is -0.680. The Hall–Kier alpha value is -2.97. The van der Waals surface area contributed by atoms with Gasteiger partial charge in [-0.25, -0.2) is 9.18 Å². The fourth-order valence-corrected chi connectivity index (χ4v) is 2.20. The molecule has 0 spiro atoms. The summed E-state index contributed by atoms with van der Waals surface area (Å²) < 4.78 is 23.7. The third-order valence-corrected chi connectivity index (χ3v) is 3.54. The maximum atomic E-state index is 12.9. The first-order chi connectivity index (χ1) is 12.5. The number of amides is 2. The van der Waals surface area contributed by atoms with Crippen molar-refractivity contribution in [1.29, 1.82) is 0 Å². The van der Waals surface area contributed by atoms with Gasteiger partial charge in [0.2, 0.25) is 5.89 Å². The predicted octanol–water partition coefficient (Wildman–Crippen LogP) is 2.71. The van der Waals surface area contributed by atoms with Crippen LogP contribution in [-0.2, 0) is 9.53 Å². The normalized spacial score (nSPS) is 11.8. The molecule has 1 heterocycles. The van der Waals surface area contributed by atoms with Crippen molar-refractivity contribution in [1.82, 2.24) is 15.5 Å². The Bertz CT molecular complexity index is 733. The van der Waals surface area contributed by atoms with Crippen LogP contribution in [0.4, 0.5) is 9.18 Å². The van der Waals surface area contributed by atoms with Crippen molar-refractivity contribution in [3.05, 3.63) is 36.0 Å². The summed E-state index contributed by atoms with van der Waals surface area (Å²) in [6.45, 7) is 2.12. The molecule has 2 amide bonds. The van der Waals surface area contributed by atoms with Gasteiger partial charge in [0, 0.05) is 18.5 Å². The minimum Gasteiger partial charge on any atom is -0.453 e. The monoisotopic (exact) mass is 364 g/mol. The van der Waals surface area contributed by atoms with Crippen LogP contribution in [0.3, 0.4) is 0 Å². The molecule has 2 rings (SSSR count). The van der Waals surface area contributed by atoms with Gasteiger partial charge in [-0.1, -0.05) is 6.42 Å². The molecule has 1 aromatic heterocycles. The average molecular weight is 364 g/mol. The lowest BCUT2D eigenvalue weighted by molar-refractivity contribution is -0.149. The summed E-state index contributed by atoms with van der Waals surface area (Å²) >= 11 is 0. The maximum absolute atomic E-state index is 12.9. The molecule has 0 bridgehead atoms. The van der Waals surface area contributed by atoms with Crippen molar-refractivity contribution in [2.24, 2.45) is 5.73 Å². The molecular formula is C17H21FN4O4. The number of hydrogen-bond donors (Lipinski definition) is 2. The number of rotatable bonds is 9. The van der Waals surface area contributed by atoms with Crippen LogP contribution in [0.5, 0.6) is 0 Å². The highest BCUT2D eigenvalue weighted by Crippen LogP contribution is 2.23. The number of nitrogens with one attached hydrogen (secondary N) is 1. The number of primary amides is 1. The minimum absolute atomic E-state index is 0.170. The molecule has 9 heteroatoms. The van der Waals surface area contributed by atoms with Crippen molar-refractivity contribution in [3.63, 3.8) is 0 Å². The molecule has 2 aromatic rings. The molecule has 8 nitrogen and oxygen atoms in total. The van der Waals surface area contributed by atoms with Crippen LogP contribution in [0.2, 0.25) is 0 Å². The van der Waals surface area contributed by atoms with Gasteiger partial charge in [0.1, 0.15) is 5.82 Å². The van der Waals surface area contributed by atoms with Gasteiger partial charge in [0.15, 0.2) is 6.10 Å². The van der Waals surface area contributed by atoms with E-state index in [1.165, 1.54) is 24.3 Å². The molecule has 1 atom stereocenters. The Morgan fingerprint density at radius 1 is 1.23 bits per heavy atom. The van der Waals surface area contributed by atoms with E-state index < -0.39 is 12.1 Å². The van der Waals surface area contributed by atoms with E-state index in [1.54, 1.807) is 6.92 Å². The Balaban J connectivity index is 1.75. The number of esters is 1. The van der Waals surface area contributed by atoms with E-state index in [-0.39, 0.29) is 30.0 Å². The summed E-state index contributed by atoms with van der Waals surface area (Å²) in [6, 6.07) is 5.08. The van der Waals surface area contributed by atoms with Crippen LogP contribution in [0.25, 0.3) is 11.5 Å². The lowest BCUT2D eigenvalue weighted by Crippen LogP contribution is -2.29. The van der Waals surface area contributed by atoms with E-state index in [0.29, 0.717) is 18.5 Å². The van der Waals surface area contributed by atoms with Crippen molar-refractivity contribution in [3.8, 4) is 11.5 Å². The second-order valence-corrected chi connectivity index (χ2v) is 5.69. The fourth-order valence-electron chi connectivity index (χ4n) is 2.20. The number of aromatic nitrogens is 2. The smallest absolute Gasteiger partial charge is 0.312 e. The van der Waals surface area contributed by atoms with E-state index in [1.807, 2.05) is 0 Å². The van der Waals surface area contributed by atoms with E-state index in [4.69, 9.17) is 14.9 Å². The second-order valence-electron chi connectivity index (χ2n) is 5.69. The van der Waals surface area contributed by atoms with Crippen LogP contribution in [0.15, 0.2) is 28.7 Å². The number of nitrogens with two attached hydrogens (primary N) is 1. The average Bonchev–Trinajstić information content (AvgIpc) is 3.08. The van der Waals surface area contributed by atoms with Crippen molar-refractivity contribution in [2.75, 3.05) is 6.54 Å². The van der Waals surface area contributed by atoms with E-state index >= 15 is 0 Å². The zero-order valence-corrected chi connectivity index (χ0v) is 14.4. The quantitative estimate of drug-likeness (QED) is 0.521. The van der Waals surface area contributed by atoms with Gasteiger partial charge in [-0.2, -0.15) is 0 Å². The molecule has 0 radical (unpaired) electrons. The first-order valence-corrected chi connectivity index (χ1v) is 8.28. The van der Waals surface area contributed by atoms with Crippen LogP contribution >= 0.6 is 0 Å². The third kappa shape index (κ3) is 6.15. The first kappa shape index (κ1) is 19.4. The summed E-state index contributed by atoms with van der Waals surface area (Å²) in [7, 11) is 0. The lowest BCUT2D eigenvalue weighted by atomic mass is 10.2. The van der Waals surface area contributed by atoms with E-state index in [0.717, 1.165) is 12.8 Å². The van der Waals surface area contributed by atoms with Gasteiger partial charge in [-0.15, -0.1) is 10.2 Å².